The monoisotopic (exact) mass is 467 g/mol. The Balaban J connectivity index is 0.00000576. The van der Waals surface area contributed by atoms with Crippen LogP contribution < -0.4 is 10.6 Å². The van der Waals surface area contributed by atoms with E-state index in [1.54, 1.807) is 0 Å². The Bertz CT molecular complexity index is 365. The van der Waals surface area contributed by atoms with E-state index in [4.69, 9.17) is 0 Å². The second kappa shape index (κ2) is 13.1. The average Bonchev–Trinajstić information content (AvgIpc) is 2.55. The van der Waals surface area contributed by atoms with E-state index in [1.165, 1.54) is 38.8 Å². The van der Waals surface area contributed by atoms with Gasteiger partial charge in [-0.15, -0.1) is 24.0 Å². The Morgan fingerprint density at radius 1 is 1.12 bits per heavy atom. The zero-order chi connectivity index (χ0) is 18.0. The molecule has 0 spiro atoms. The predicted octanol–water partition coefficient (Wildman–Crippen LogP) is 3.01. The van der Waals surface area contributed by atoms with Gasteiger partial charge >= 0.3 is 0 Å². The molecule has 1 atom stereocenters. The van der Waals surface area contributed by atoms with Gasteiger partial charge in [0, 0.05) is 52.4 Å². The molecule has 1 fully saturated rings. The maximum atomic E-state index is 4.38. The number of hydrogen-bond donors (Lipinski definition) is 2. The van der Waals surface area contributed by atoms with Gasteiger partial charge in [-0.25, -0.2) is 0 Å². The lowest BCUT2D eigenvalue weighted by Gasteiger charge is -2.36. The molecule has 0 radical (unpaired) electrons. The zero-order valence-corrected chi connectivity index (χ0v) is 19.7. The number of unbranched alkanes of at least 4 members (excludes halogenated alkanes) is 2. The molecule has 1 saturated heterocycles. The summed E-state index contributed by atoms with van der Waals surface area (Å²) in [6, 6.07) is 0.537. The van der Waals surface area contributed by atoms with Crippen molar-refractivity contribution >= 4 is 29.9 Å². The van der Waals surface area contributed by atoms with Gasteiger partial charge in [0.2, 0.25) is 0 Å². The van der Waals surface area contributed by atoms with E-state index in [-0.39, 0.29) is 24.0 Å². The van der Waals surface area contributed by atoms with Gasteiger partial charge in [-0.2, -0.15) is 0 Å². The molecule has 0 aliphatic carbocycles. The Labute approximate surface area is 173 Å². The largest absolute Gasteiger partial charge is 0.356 e. The predicted molar refractivity (Wildman–Crippen MR) is 121 cm³/mol. The van der Waals surface area contributed by atoms with Crippen LogP contribution in [-0.4, -0.2) is 75.2 Å². The molecule has 2 N–H and O–H groups in total. The van der Waals surface area contributed by atoms with Crippen molar-refractivity contribution in [2.75, 3.05) is 53.4 Å². The number of guanidine groups is 1. The lowest BCUT2D eigenvalue weighted by atomic mass is 9.87. The summed E-state index contributed by atoms with van der Waals surface area (Å²) in [4.78, 5) is 9.35. The molecule has 1 heterocycles. The Kier molecular flexibility index (Phi) is 13.1. The third kappa shape index (κ3) is 10.6. The van der Waals surface area contributed by atoms with E-state index in [0.717, 1.165) is 32.1 Å². The standard InChI is InChI=1S/C19H41N5.HI/c1-7-8-9-10-19(3,4)16-22-18(20-5)21-15-17(2)24-13-11-23(6)12-14-24;/h17H,7-16H2,1-6H3,(H2,20,21,22);1H. The summed E-state index contributed by atoms with van der Waals surface area (Å²) in [5.74, 6) is 0.930. The van der Waals surface area contributed by atoms with Gasteiger partial charge in [0.1, 0.15) is 0 Å². The maximum absolute atomic E-state index is 4.38. The lowest BCUT2D eigenvalue weighted by molar-refractivity contribution is 0.120. The molecule has 0 aromatic rings. The van der Waals surface area contributed by atoms with Crippen molar-refractivity contribution in [3.8, 4) is 0 Å². The van der Waals surface area contributed by atoms with Gasteiger partial charge in [0.05, 0.1) is 0 Å². The summed E-state index contributed by atoms with van der Waals surface area (Å²) < 4.78 is 0. The van der Waals surface area contributed by atoms with Gasteiger partial charge in [-0.1, -0.05) is 40.0 Å². The van der Waals surface area contributed by atoms with E-state index in [9.17, 15) is 0 Å². The first-order chi connectivity index (χ1) is 11.4. The minimum Gasteiger partial charge on any atom is -0.356 e. The quantitative estimate of drug-likeness (QED) is 0.237. The Hall–Kier alpha value is -0.0800. The number of halogens is 1. The number of hydrogen-bond acceptors (Lipinski definition) is 3. The molecule has 0 aromatic heterocycles. The molecule has 0 saturated carbocycles. The molecule has 0 amide bonds. The third-order valence-electron chi connectivity index (χ3n) is 5.14. The summed E-state index contributed by atoms with van der Waals surface area (Å²) in [5.41, 5.74) is 0.315. The molecular formula is C19H42IN5. The van der Waals surface area contributed by atoms with Crippen molar-refractivity contribution in [1.82, 2.24) is 20.4 Å². The van der Waals surface area contributed by atoms with Crippen molar-refractivity contribution in [3.63, 3.8) is 0 Å². The van der Waals surface area contributed by atoms with Gasteiger partial charge in [-0.05, 0) is 25.8 Å². The third-order valence-corrected chi connectivity index (χ3v) is 5.14. The lowest BCUT2D eigenvalue weighted by Crippen LogP contribution is -2.52. The summed E-state index contributed by atoms with van der Waals surface area (Å²) in [5, 5.41) is 7.02. The van der Waals surface area contributed by atoms with Gasteiger partial charge in [0.15, 0.2) is 5.96 Å². The van der Waals surface area contributed by atoms with Crippen LogP contribution in [0.15, 0.2) is 4.99 Å². The molecule has 1 rings (SSSR count). The van der Waals surface area contributed by atoms with E-state index in [2.05, 4.69) is 60.2 Å². The zero-order valence-electron chi connectivity index (χ0n) is 17.4. The molecule has 0 bridgehead atoms. The fraction of sp³-hybridized carbons (Fsp3) is 0.947. The first kappa shape index (κ1) is 24.9. The van der Waals surface area contributed by atoms with Crippen molar-refractivity contribution in [2.45, 2.75) is 59.4 Å². The molecule has 150 valence electrons. The molecule has 1 aliphatic heterocycles. The van der Waals surface area contributed by atoms with Crippen LogP contribution in [0, 0.1) is 5.41 Å². The summed E-state index contributed by atoms with van der Waals surface area (Å²) in [6.07, 6.45) is 5.20. The number of piperazine rings is 1. The highest BCUT2D eigenvalue weighted by atomic mass is 127. The van der Waals surface area contributed by atoms with E-state index >= 15 is 0 Å². The van der Waals surface area contributed by atoms with Crippen LogP contribution in [-0.2, 0) is 0 Å². The summed E-state index contributed by atoms with van der Waals surface area (Å²) in [7, 11) is 4.06. The van der Waals surface area contributed by atoms with Crippen molar-refractivity contribution in [2.24, 2.45) is 10.4 Å². The highest BCUT2D eigenvalue weighted by Crippen LogP contribution is 2.22. The van der Waals surface area contributed by atoms with Crippen molar-refractivity contribution in [3.05, 3.63) is 0 Å². The van der Waals surface area contributed by atoms with Crippen LogP contribution in [0.4, 0.5) is 0 Å². The number of rotatable bonds is 9. The average molecular weight is 467 g/mol. The number of likely N-dealkylation sites (N-methyl/N-ethyl adjacent to an activating group) is 1. The second-order valence-electron chi connectivity index (χ2n) is 8.12. The highest BCUT2D eigenvalue weighted by molar-refractivity contribution is 14.0. The number of nitrogens with zero attached hydrogens (tertiary/aromatic N) is 3. The Morgan fingerprint density at radius 2 is 1.76 bits per heavy atom. The molecule has 25 heavy (non-hydrogen) atoms. The molecule has 1 unspecified atom stereocenters. The maximum Gasteiger partial charge on any atom is 0.191 e. The highest BCUT2D eigenvalue weighted by Gasteiger charge is 2.20. The Morgan fingerprint density at radius 3 is 2.32 bits per heavy atom. The molecule has 5 nitrogen and oxygen atoms in total. The summed E-state index contributed by atoms with van der Waals surface area (Å²) in [6.45, 7) is 15.8. The van der Waals surface area contributed by atoms with Crippen LogP contribution in [0.5, 0.6) is 0 Å². The first-order valence-electron chi connectivity index (χ1n) is 9.75. The fourth-order valence-electron chi connectivity index (χ4n) is 3.12. The van der Waals surface area contributed by atoms with Crippen LogP contribution in [0.1, 0.15) is 53.4 Å². The minimum absolute atomic E-state index is 0. The SMILES string of the molecule is CCCCCC(C)(C)CNC(=NC)NCC(C)N1CCN(C)CC1.I. The van der Waals surface area contributed by atoms with Crippen LogP contribution in [0.3, 0.4) is 0 Å². The van der Waals surface area contributed by atoms with Crippen molar-refractivity contribution in [1.29, 1.82) is 0 Å². The van der Waals surface area contributed by atoms with Crippen molar-refractivity contribution < 1.29 is 0 Å². The van der Waals surface area contributed by atoms with E-state index < -0.39 is 0 Å². The first-order valence-corrected chi connectivity index (χ1v) is 9.75. The topological polar surface area (TPSA) is 42.9 Å². The van der Waals surface area contributed by atoms with Gasteiger partial charge in [-0.3, -0.25) is 9.89 Å². The molecule has 6 heteroatoms. The second-order valence-corrected chi connectivity index (χ2v) is 8.12. The van der Waals surface area contributed by atoms with E-state index in [0.29, 0.717) is 11.5 Å². The molecular weight excluding hydrogens is 425 g/mol. The molecule has 0 aromatic carbocycles. The number of aliphatic imine (C=N–C) groups is 1. The number of nitrogens with one attached hydrogen (secondary N) is 2. The fourth-order valence-corrected chi connectivity index (χ4v) is 3.12. The van der Waals surface area contributed by atoms with E-state index in [1.807, 2.05) is 7.05 Å². The van der Waals surface area contributed by atoms with Crippen LogP contribution >= 0.6 is 24.0 Å². The minimum atomic E-state index is 0. The summed E-state index contributed by atoms with van der Waals surface area (Å²) >= 11 is 0. The molecule has 1 aliphatic rings. The van der Waals surface area contributed by atoms with Gasteiger partial charge < -0.3 is 15.5 Å². The normalized spacial score (nSPS) is 18.6. The smallest absolute Gasteiger partial charge is 0.191 e. The van der Waals surface area contributed by atoms with Crippen LogP contribution in [0.25, 0.3) is 0 Å². The van der Waals surface area contributed by atoms with Gasteiger partial charge in [0.25, 0.3) is 0 Å². The van der Waals surface area contributed by atoms with Crippen LogP contribution in [0.2, 0.25) is 0 Å².